The van der Waals surface area contributed by atoms with Crippen LogP contribution in [0, 0.1) is 0 Å². The van der Waals surface area contributed by atoms with Gasteiger partial charge in [0.2, 0.25) is 0 Å². The number of hydrogen-bond donors (Lipinski definition) is 2. The highest BCUT2D eigenvalue weighted by molar-refractivity contribution is 7.87. The Morgan fingerprint density at radius 2 is 1.05 bits per heavy atom. The van der Waals surface area contributed by atoms with Crippen LogP contribution in [-0.4, -0.2) is 50.3 Å². The quantitative estimate of drug-likeness (QED) is 0.608. The molecule has 0 aromatic rings. The average Bonchev–Trinajstić information content (AvgIpc) is 2.14. The lowest BCUT2D eigenvalue weighted by molar-refractivity contribution is -0.382. The van der Waals surface area contributed by atoms with Gasteiger partial charge < -0.3 is 5.32 Å². The van der Waals surface area contributed by atoms with E-state index in [2.05, 4.69) is 5.32 Å². The molecule has 0 aromatic heterocycles. The summed E-state index contributed by atoms with van der Waals surface area (Å²) < 4.78 is 134. The van der Waals surface area contributed by atoms with Crippen molar-refractivity contribution in [1.29, 1.82) is 0 Å². The van der Waals surface area contributed by atoms with E-state index in [1.807, 2.05) is 14.1 Å². The summed E-state index contributed by atoms with van der Waals surface area (Å²) in [6.45, 7) is 0. The summed E-state index contributed by atoms with van der Waals surface area (Å²) in [5, 5.41) is -4.25. The molecule has 0 aliphatic rings. The zero-order chi connectivity index (χ0) is 17.2. The summed E-state index contributed by atoms with van der Waals surface area (Å²) in [5.41, 5.74) is 0. The van der Waals surface area contributed by atoms with Crippen molar-refractivity contribution in [1.82, 2.24) is 5.32 Å². The van der Waals surface area contributed by atoms with E-state index in [0.29, 0.717) is 0 Å². The Bertz CT molecular complexity index is 416. The lowest BCUT2D eigenvalue weighted by Gasteiger charge is -2.31. The highest BCUT2D eigenvalue weighted by atomic mass is 32.2. The summed E-state index contributed by atoms with van der Waals surface area (Å²) in [4.78, 5) is 0. The van der Waals surface area contributed by atoms with Gasteiger partial charge in [0, 0.05) is 0 Å². The van der Waals surface area contributed by atoms with Gasteiger partial charge >= 0.3 is 33.4 Å². The molecule has 0 aromatic carbocycles. The van der Waals surface area contributed by atoms with Gasteiger partial charge in [-0.3, -0.25) is 4.55 Å². The molecular formula is C6H8F9NO3S. The Labute approximate surface area is 106 Å². The Morgan fingerprint density at radius 3 is 1.20 bits per heavy atom. The van der Waals surface area contributed by atoms with Crippen LogP contribution in [0.1, 0.15) is 0 Å². The van der Waals surface area contributed by atoms with Gasteiger partial charge in [0.15, 0.2) is 0 Å². The summed E-state index contributed by atoms with van der Waals surface area (Å²) >= 11 is 0. The van der Waals surface area contributed by atoms with Crippen LogP contribution >= 0.6 is 0 Å². The van der Waals surface area contributed by atoms with Crippen molar-refractivity contribution in [3.8, 4) is 0 Å². The largest absolute Gasteiger partial charge is 0.460 e. The Hall–Kier alpha value is -0.760. The third kappa shape index (κ3) is 3.66. The van der Waals surface area contributed by atoms with Gasteiger partial charge in [0.25, 0.3) is 0 Å². The normalized spacial score (nSPS) is 14.6. The molecule has 0 saturated heterocycles. The van der Waals surface area contributed by atoms with Crippen molar-refractivity contribution in [3.05, 3.63) is 0 Å². The zero-order valence-electron chi connectivity index (χ0n) is 9.57. The highest BCUT2D eigenvalue weighted by Crippen LogP contribution is 2.54. The standard InChI is InChI=1S/C4HF9O3S.C2H7N/c5-1(6,3(9,10)11)2(7,8)4(12,13)17(14,15)16;1-3-2/h(H,14,15,16);3H,1-2H3. The maximum Gasteiger partial charge on any atom is 0.460 e. The smallest absolute Gasteiger partial charge is 0.323 e. The minimum absolute atomic E-state index is 1.88. The lowest BCUT2D eigenvalue weighted by Crippen LogP contribution is -2.63. The predicted octanol–water partition coefficient (Wildman–Crippen LogP) is 2.14. The maximum atomic E-state index is 12.2. The fourth-order valence-corrected chi connectivity index (χ4v) is 0.975. The average molecular weight is 345 g/mol. The van der Waals surface area contributed by atoms with Gasteiger partial charge in [-0.2, -0.15) is 47.9 Å². The van der Waals surface area contributed by atoms with E-state index in [9.17, 15) is 47.9 Å². The molecule has 0 amide bonds. The van der Waals surface area contributed by atoms with Gasteiger partial charge in [-0.1, -0.05) is 0 Å². The van der Waals surface area contributed by atoms with Gasteiger partial charge in [0.05, 0.1) is 0 Å². The maximum absolute atomic E-state index is 12.2. The van der Waals surface area contributed by atoms with Gasteiger partial charge in [-0.15, -0.1) is 0 Å². The predicted molar refractivity (Wildman–Crippen MR) is 47.4 cm³/mol. The molecule has 2 N–H and O–H groups in total. The van der Waals surface area contributed by atoms with Gasteiger partial charge in [0.1, 0.15) is 0 Å². The first-order chi connectivity index (χ1) is 8.41. The summed E-state index contributed by atoms with van der Waals surface area (Å²) in [6.07, 6.45) is -7.13. The SMILES string of the molecule is CNC.O=S(=O)(O)C(F)(F)C(F)(F)C(F)(F)C(F)(F)F. The fraction of sp³-hybridized carbons (Fsp3) is 1.00. The molecule has 0 aliphatic heterocycles. The van der Waals surface area contributed by atoms with E-state index < -0.39 is 33.4 Å². The molecule has 0 radical (unpaired) electrons. The molecule has 4 nitrogen and oxygen atoms in total. The molecular weight excluding hydrogens is 337 g/mol. The third-order valence-electron chi connectivity index (χ3n) is 1.44. The van der Waals surface area contributed by atoms with Crippen molar-refractivity contribution >= 4 is 10.1 Å². The molecule has 0 unspecified atom stereocenters. The zero-order valence-corrected chi connectivity index (χ0v) is 10.4. The van der Waals surface area contributed by atoms with Crippen molar-refractivity contribution in [2.45, 2.75) is 23.3 Å². The van der Waals surface area contributed by atoms with E-state index in [1.54, 1.807) is 0 Å². The Balaban J connectivity index is 0. The number of hydrogen-bond acceptors (Lipinski definition) is 3. The highest BCUT2D eigenvalue weighted by Gasteiger charge is 2.85. The summed E-state index contributed by atoms with van der Waals surface area (Å²) in [7, 11) is -3.42. The first-order valence-corrected chi connectivity index (χ1v) is 5.61. The van der Waals surface area contributed by atoms with E-state index >= 15 is 0 Å². The molecule has 0 rings (SSSR count). The molecule has 0 aliphatic carbocycles. The molecule has 0 saturated carbocycles. The van der Waals surface area contributed by atoms with Crippen LogP contribution < -0.4 is 5.32 Å². The first-order valence-electron chi connectivity index (χ1n) is 4.17. The first kappa shape index (κ1) is 21.5. The van der Waals surface area contributed by atoms with Crippen LogP contribution in [0.5, 0.6) is 0 Å². The summed E-state index contributed by atoms with van der Waals surface area (Å²) in [6, 6.07) is 0. The molecule has 0 spiro atoms. The van der Waals surface area contributed by atoms with Crippen molar-refractivity contribution < 1.29 is 52.5 Å². The van der Waals surface area contributed by atoms with Gasteiger partial charge in [-0.25, -0.2) is 0 Å². The fourth-order valence-electron chi connectivity index (χ4n) is 0.523. The minimum Gasteiger partial charge on any atom is -0.323 e. The Kier molecular flexibility index (Phi) is 6.38. The van der Waals surface area contributed by atoms with Crippen LogP contribution in [0.2, 0.25) is 0 Å². The van der Waals surface area contributed by atoms with E-state index in [1.165, 1.54) is 0 Å². The molecule has 20 heavy (non-hydrogen) atoms. The second-order valence-electron chi connectivity index (χ2n) is 3.14. The van der Waals surface area contributed by atoms with Crippen LogP contribution in [0.4, 0.5) is 39.5 Å². The molecule has 0 bridgehead atoms. The molecule has 124 valence electrons. The monoisotopic (exact) mass is 345 g/mol. The van der Waals surface area contributed by atoms with Crippen molar-refractivity contribution in [2.75, 3.05) is 14.1 Å². The number of alkyl halides is 9. The van der Waals surface area contributed by atoms with E-state index in [-0.39, 0.29) is 0 Å². The third-order valence-corrected chi connectivity index (χ3v) is 2.34. The number of rotatable bonds is 3. The van der Waals surface area contributed by atoms with Crippen LogP contribution in [0.15, 0.2) is 0 Å². The molecule has 14 heteroatoms. The number of halogens is 9. The van der Waals surface area contributed by atoms with Crippen LogP contribution in [0.25, 0.3) is 0 Å². The number of nitrogens with one attached hydrogen (secondary N) is 1. The van der Waals surface area contributed by atoms with Crippen LogP contribution in [-0.2, 0) is 10.1 Å². The van der Waals surface area contributed by atoms with E-state index in [0.717, 1.165) is 0 Å². The van der Waals surface area contributed by atoms with Gasteiger partial charge in [-0.05, 0) is 14.1 Å². The summed E-state index contributed by atoms with van der Waals surface area (Å²) in [5.74, 6) is -14.7. The van der Waals surface area contributed by atoms with Crippen molar-refractivity contribution in [2.24, 2.45) is 0 Å². The second kappa shape index (κ2) is 5.93. The van der Waals surface area contributed by atoms with E-state index in [4.69, 9.17) is 4.55 Å². The second-order valence-corrected chi connectivity index (χ2v) is 4.60. The molecule has 0 fully saturated rings. The Morgan fingerprint density at radius 1 is 0.800 bits per heavy atom. The van der Waals surface area contributed by atoms with Crippen LogP contribution in [0.3, 0.4) is 0 Å². The lowest BCUT2D eigenvalue weighted by atomic mass is 10.1. The molecule has 0 atom stereocenters. The van der Waals surface area contributed by atoms with Crippen molar-refractivity contribution in [3.63, 3.8) is 0 Å². The topological polar surface area (TPSA) is 66.4 Å². The molecule has 0 heterocycles. The minimum atomic E-state index is -7.37.